The quantitative estimate of drug-likeness (QED) is 0.644. The van der Waals surface area contributed by atoms with Gasteiger partial charge in [-0.3, -0.25) is 9.79 Å². The Morgan fingerprint density at radius 2 is 1.76 bits per heavy atom. The molecule has 2 N–H and O–H groups in total. The summed E-state index contributed by atoms with van der Waals surface area (Å²) in [4.78, 5) is 20.9. The van der Waals surface area contributed by atoms with E-state index in [1.54, 1.807) is 7.05 Å². The molecule has 0 saturated carbocycles. The zero-order valence-corrected chi connectivity index (χ0v) is 15.9. The summed E-state index contributed by atoms with van der Waals surface area (Å²) in [5.41, 5.74) is 1.17. The van der Waals surface area contributed by atoms with Gasteiger partial charge in [0.2, 0.25) is 5.91 Å². The van der Waals surface area contributed by atoms with Crippen molar-refractivity contribution in [2.75, 3.05) is 44.7 Å². The number of para-hydroxylation sites is 1. The fourth-order valence-electron chi connectivity index (χ4n) is 2.83. The first-order chi connectivity index (χ1) is 11.9. The second kappa shape index (κ2) is 8.74. The number of piperazine rings is 1. The van der Waals surface area contributed by atoms with Crippen LogP contribution in [0.4, 0.5) is 5.69 Å². The molecule has 0 atom stereocenters. The SMILES string of the molecule is CN=C(NCCC(=O)N1CCN(c2ccccc2)CC1)NC(C)(C)C. The molecule has 0 aliphatic carbocycles. The van der Waals surface area contributed by atoms with Gasteiger partial charge in [-0.05, 0) is 32.9 Å². The van der Waals surface area contributed by atoms with E-state index in [2.05, 4.69) is 65.6 Å². The van der Waals surface area contributed by atoms with Gasteiger partial charge in [-0.2, -0.15) is 0 Å². The fraction of sp³-hybridized carbons (Fsp3) is 0.579. The summed E-state index contributed by atoms with van der Waals surface area (Å²) in [6, 6.07) is 10.4. The van der Waals surface area contributed by atoms with Crippen LogP contribution in [-0.2, 0) is 4.79 Å². The van der Waals surface area contributed by atoms with E-state index in [0.717, 1.165) is 32.1 Å². The van der Waals surface area contributed by atoms with Gasteiger partial charge in [0.15, 0.2) is 5.96 Å². The van der Waals surface area contributed by atoms with E-state index in [0.29, 0.717) is 13.0 Å². The van der Waals surface area contributed by atoms with Crippen LogP contribution in [-0.4, -0.2) is 62.1 Å². The normalized spacial score (nSPS) is 15.9. The number of amides is 1. The Morgan fingerprint density at radius 3 is 2.32 bits per heavy atom. The molecule has 0 aromatic heterocycles. The van der Waals surface area contributed by atoms with Crippen LogP contribution in [0.25, 0.3) is 0 Å². The first-order valence-electron chi connectivity index (χ1n) is 8.95. The number of benzene rings is 1. The molecule has 1 amide bonds. The maximum absolute atomic E-state index is 12.4. The Labute approximate surface area is 151 Å². The minimum atomic E-state index is -0.0559. The molecule has 1 fully saturated rings. The van der Waals surface area contributed by atoms with Gasteiger partial charge in [0, 0.05) is 57.4 Å². The molecule has 6 nitrogen and oxygen atoms in total. The van der Waals surface area contributed by atoms with E-state index in [4.69, 9.17) is 0 Å². The van der Waals surface area contributed by atoms with Crippen LogP contribution in [0.3, 0.4) is 0 Å². The summed E-state index contributed by atoms with van der Waals surface area (Å²) in [5.74, 6) is 0.931. The molecular weight excluding hydrogens is 314 g/mol. The van der Waals surface area contributed by atoms with Crippen LogP contribution >= 0.6 is 0 Å². The number of nitrogens with one attached hydrogen (secondary N) is 2. The van der Waals surface area contributed by atoms with Gasteiger partial charge in [0.1, 0.15) is 0 Å². The highest BCUT2D eigenvalue weighted by Gasteiger charge is 2.21. The van der Waals surface area contributed by atoms with Crippen LogP contribution in [0.2, 0.25) is 0 Å². The van der Waals surface area contributed by atoms with Crippen LogP contribution in [0.5, 0.6) is 0 Å². The van der Waals surface area contributed by atoms with Crippen LogP contribution in [0.1, 0.15) is 27.2 Å². The Bertz CT molecular complexity index is 571. The first-order valence-corrected chi connectivity index (χ1v) is 8.95. The van der Waals surface area contributed by atoms with Gasteiger partial charge in [0.05, 0.1) is 0 Å². The van der Waals surface area contributed by atoms with Crippen LogP contribution < -0.4 is 15.5 Å². The average Bonchev–Trinajstić information content (AvgIpc) is 2.60. The summed E-state index contributed by atoms with van der Waals surface area (Å²) < 4.78 is 0. The van der Waals surface area contributed by atoms with Crippen molar-refractivity contribution in [2.45, 2.75) is 32.7 Å². The predicted octanol–water partition coefficient (Wildman–Crippen LogP) is 1.69. The number of rotatable bonds is 4. The van der Waals surface area contributed by atoms with Crippen molar-refractivity contribution >= 4 is 17.6 Å². The molecule has 1 aliphatic rings. The van der Waals surface area contributed by atoms with Crippen molar-refractivity contribution in [1.82, 2.24) is 15.5 Å². The number of aliphatic imine (C=N–C) groups is 1. The molecule has 0 spiro atoms. The lowest BCUT2D eigenvalue weighted by Crippen LogP contribution is -2.50. The summed E-state index contributed by atoms with van der Waals surface area (Å²) in [6.07, 6.45) is 0.482. The van der Waals surface area contributed by atoms with E-state index < -0.39 is 0 Å². The summed E-state index contributed by atoms with van der Waals surface area (Å²) >= 11 is 0. The van der Waals surface area contributed by atoms with Gasteiger partial charge < -0.3 is 20.4 Å². The standard InChI is InChI=1S/C19H31N5O/c1-19(2,3)22-18(20-4)21-11-10-17(25)24-14-12-23(13-15-24)16-8-6-5-7-9-16/h5-9H,10-15H2,1-4H3,(H2,20,21,22). The highest BCUT2D eigenvalue weighted by atomic mass is 16.2. The minimum absolute atomic E-state index is 0.0559. The molecule has 0 unspecified atom stereocenters. The zero-order chi connectivity index (χ0) is 18.3. The Hall–Kier alpha value is -2.24. The number of hydrogen-bond donors (Lipinski definition) is 2. The molecule has 1 aliphatic heterocycles. The van der Waals surface area contributed by atoms with Gasteiger partial charge in [-0.15, -0.1) is 0 Å². The molecule has 138 valence electrons. The fourth-order valence-corrected chi connectivity index (χ4v) is 2.83. The number of nitrogens with zero attached hydrogens (tertiary/aromatic N) is 3. The molecule has 25 heavy (non-hydrogen) atoms. The number of carbonyl (C=O) groups is 1. The zero-order valence-electron chi connectivity index (χ0n) is 15.9. The Morgan fingerprint density at radius 1 is 1.12 bits per heavy atom. The third-order valence-electron chi connectivity index (χ3n) is 4.10. The molecule has 0 radical (unpaired) electrons. The van der Waals surface area contributed by atoms with Crippen molar-refractivity contribution in [2.24, 2.45) is 4.99 Å². The maximum atomic E-state index is 12.4. The number of carbonyl (C=O) groups excluding carboxylic acids is 1. The minimum Gasteiger partial charge on any atom is -0.368 e. The Kier molecular flexibility index (Phi) is 6.67. The lowest BCUT2D eigenvalue weighted by molar-refractivity contribution is -0.131. The molecule has 0 bridgehead atoms. The third-order valence-corrected chi connectivity index (χ3v) is 4.10. The number of anilines is 1. The molecule has 2 rings (SSSR count). The van der Waals surface area contributed by atoms with Crippen molar-refractivity contribution in [3.63, 3.8) is 0 Å². The van der Waals surface area contributed by atoms with E-state index in [9.17, 15) is 4.79 Å². The third kappa shape index (κ3) is 6.29. The van der Waals surface area contributed by atoms with Crippen molar-refractivity contribution in [3.05, 3.63) is 30.3 Å². The molecule has 1 aromatic carbocycles. The first kappa shape index (κ1) is 19.1. The number of hydrogen-bond acceptors (Lipinski definition) is 3. The lowest BCUT2D eigenvalue weighted by atomic mass is 10.1. The molecule has 6 heteroatoms. The van der Waals surface area contributed by atoms with Crippen molar-refractivity contribution in [1.29, 1.82) is 0 Å². The smallest absolute Gasteiger partial charge is 0.224 e. The summed E-state index contributed by atoms with van der Waals surface area (Å²) in [5, 5.41) is 6.50. The van der Waals surface area contributed by atoms with E-state index in [1.807, 2.05) is 11.0 Å². The monoisotopic (exact) mass is 345 g/mol. The maximum Gasteiger partial charge on any atom is 0.224 e. The predicted molar refractivity (Wildman–Crippen MR) is 104 cm³/mol. The van der Waals surface area contributed by atoms with E-state index in [-0.39, 0.29) is 11.4 Å². The van der Waals surface area contributed by atoms with Gasteiger partial charge in [-0.1, -0.05) is 18.2 Å². The van der Waals surface area contributed by atoms with Crippen LogP contribution in [0, 0.1) is 0 Å². The van der Waals surface area contributed by atoms with Crippen molar-refractivity contribution in [3.8, 4) is 0 Å². The van der Waals surface area contributed by atoms with Gasteiger partial charge in [0.25, 0.3) is 0 Å². The highest BCUT2D eigenvalue weighted by molar-refractivity contribution is 5.81. The Balaban J connectivity index is 1.72. The number of guanidine groups is 1. The van der Waals surface area contributed by atoms with Gasteiger partial charge in [-0.25, -0.2) is 0 Å². The van der Waals surface area contributed by atoms with Crippen LogP contribution in [0.15, 0.2) is 35.3 Å². The van der Waals surface area contributed by atoms with E-state index in [1.165, 1.54) is 5.69 Å². The molecular formula is C19H31N5O. The summed E-state index contributed by atoms with van der Waals surface area (Å²) in [6.45, 7) is 10.2. The van der Waals surface area contributed by atoms with Crippen molar-refractivity contribution < 1.29 is 4.79 Å². The molecule has 1 heterocycles. The highest BCUT2D eigenvalue weighted by Crippen LogP contribution is 2.15. The second-order valence-electron chi connectivity index (χ2n) is 7.33. The largest absolute Gasteiger partial charge is 0.368 e. The topological polar surface area (TPSA) is 60.0 Å². The second-order valence-corrected chi connectivity index (χ2v) is 7.33. The molecule has 1 aromatic rings. The summed E-state index contributed by atoms with van der Waals surface area (Å²) in [7, 11) is 1.74. The average molecular weight is 345 g/mol. The lowest BCUT2D eigenvalue weighted by Gasteiger charge is -2.36. The van der Waals surface area contributed by atoms with Gasteiger partial charge >= 0.3 is 0 Å². The molecule has 1 saturated heterocycles. The van der Waals surface area contributed by atoms with E-state index >= 15 is 0 Å².